The van der Waals surface area contributed by atoms with Crippen molar-refractivity contribution in [2.75, 3.05) is 18.0 Å². The summed E-state index contributed by atoms with van der Waals surface area (Å²) in [6.45, 7) is 4.07. The Morgan fingerprint density at radius 3 is 2.65 bits per heavy atom. The summed E-state index contributed by atoms with van der Waals surface area (Å²) in [7, 11) is 0. The third-order valence-corrected chi connectivity index (χ3v) is 4.77. The van der Waals surface area contributed by atoms with Crippen LogP contribution < -0.4 is 4.90 Å². The summed E-state index contributed by atoms with van der Waals surface area (Å²) in [5.41, 5.74) is 4.27. The van der Waals surface area contributed by atoms with Crippen molar-refractivity contribution in [3.63, 3.8) is 0 Å². The molecule has 1 N–H and O–H groups in total. The van der Waals surface area contributed by atoms with Gasteiger partial charge in [-0.1, -0.05) is 30.3 Å². The average molecular weight is 307 g/mol. The lowest BCUT2D eigenvalue weighted by Gasteiger charge is -2.32. The molecule has 118 valence electrons. The van der Waals surface area contributed by atoms with Crippen LogP contribution in [0.4, 0.5) is 5.82 Å². The molecule has 0 saturated carbocycles. The molecule has 5 nitrogen and oxygen atoms in total. The van der Waals surface area contributed by atoms with Crippen molar-refractivity contribution in [2.24, 2.45) is 5.92 Å². The number of fused-ring (bicyclic) bond motifs is 1. The minimum atomic E-state index is 0.756. The summed E-state index contributed by atoms with van der Waals surface area (Å²) in [5, 5.41) is 7.41. The Bertz CT molecular complexity index is 788. The van der Waals surface area contributed by atoms with Crippen LogP contribution in [0.25, 0.3) is 11.0 Å². The third kappa shape index (κ3) is 2.79. The largest absolute Gasteiger partial charge is 0.355 e. The van der Waals surface area contributed by atoms with Gasteiger partial charge in [-0.3, -0.25) is 5.10 Å². The molecule has 0 spiro atoms. The first-order valence-electron chi connectivity index (χ1n) is 8.26. The first-order chi connectivity index (χ1) is 11.3. The highest BCUT2D eigenvalue weighted by Crippen LogP contribution is 2.28. The fourth-order valence-corrected chi connectivity index (χ4v) is 3.47. The van der Waals surface area contributed by atoms with E-state index in [1.54, 1.807) is 6.33 Å². The fraction of sp³-hybridized carbons (Fsp3) is 0.389. The highest BCUT2D eigenvalue weighted by atomic mass is 15.2. The summed E-state index contributed by atoms with van der Waals surface area (Å²) in [5.74, 6) is 1.73. The molecule has 1 aliphatic rings. The van der Waals surface area contributed by atoms with Crippen LogP contribution in [0.5, 0.6) is 0 Å². The van der Waals surface area contributed by atoms with Crippen molar-refractivity contribution < 1.29 is 0 Å². The van der Waals surface area contributed by atoms with E-state index in [1.165, 1.54) is 24.8 Å². The van der Waals surface area contributed by atoms with Gasteiger partial charge in [-0.15, -0.1) is 0 Å². The molecule has 0 aliphatic carbocycles. The number of aryl methyl sites for hydroxylation is 1. The number of benzene rings is 1. The Balaban J connectivity index is 1.47. The second-order valence-electron chi connectivity index (χ2n) is 6.36. The maximum Gasteiger partial charge on any atom is 0.160 e. The predicted molar refractivity (Wildman–Crippen MR) is 91.5 cm³/mol. The molecule has 0 bridgehead atoms. The van der Waals surface area contributed by atoms with Gasteiger partial charge in [-0.05, 0) is 37.7 Å². The minimum absolute atomic E-state index is 0.756. The molecule has 1 aromatic carbocycles. The zero-order valence-corrected chi connectivity index (χ0v) is 13.4. The van der Waals surface area contributed by atoms with Crippen LogP contribution >= 0.6 is 0 Å². The molecule has 0 radical (unpaired) electrons. The van der Waals surface area contributed by atoms with E-state index in [0.29, 0.717) is 0 Å². The zero-order chi connectivity index (χ0) is 15.6. The molecule has 0 atom stereocenters. The first-order valence-corrected chi connectivity index (χ1v) is 8.26. The van der Waals surface area contributed by atoms with Gasteiger partial charge in [-0.25, -0.2) is 9.97 Å². The fourth-order valence-electron chi connectivity index (χ4n) is 3.47. The van der Waals surface area contributed by atoms with Crippen molar-refractivity contribution in [3.05, 3.63) is 47.9 Å². The maximum absolute atomic E-state index is 4.49. The number of H-pyrrole nitrogens is 1. The van der Waals surface area contributed by atoms with Crippen molar-refractivity contribution in [3.8, 4) is 0 Å². The van der Waals surface area contributed by atoms with E-state index >= 15 is 0 Å². The van der Waals surface area contributed by atoms with E-state index in [-0.39, 0.29) is 0 Å². The highest BCUT2D eigenvalue weighted by Gasteiger charge is 2.23. The molecule has 5 heteroatoms. The number of hydrogen-bond donors (Lipinski definition) is 1. The number of aromatic amines is 1. The highest BCUT2D eigenvalue weighted by molar-refractivity contribution is 5.86. The number of rotatable bonds is 3. The molecular weight excluding hydrogens is 286 g/mol. The monoisotopic (exact) mass is 307 g/mol. The summed E-state index contributed by atoms with van der Waals surface area (Å²) in [6, 6.07) is 10.8. The molecule has 4 rings (SSSR count). The smallest absolute Gasteiger partial charge is 0.160 e. The standard InChI is InChI=1S/C18H21N5/c1-13-16-17(22-21-13)18(20-12-19-16)23-9-7-15(8-10-23)11-14-5-3-2-4-6-14/h2-6,12,15H,7-11H2,1H3,(H,21,22). The van der Waals surface area contributed by atoms with E-state index < -0.39 is 0 Å². The zero-order valence-electron chi connectivity index (χ0n) is 13.4. The van der Waals surface area contributed by atoms with Gasteiger partial charge in [0.15, 0.2) is 11.3 Å². The van der Waals surface area contributed by atoms with E-state index in [4.69, 9.17) is 0 Å². The number of piperidine rings is 1. The molecule has 0 amide bonds. The molecule has 23 heavy (non-hydrogen) atoms. The van der Waals surface area contributed by atoms with E-state index in [1.807, 2.05) is 6.92 Å². The maximum atomic E-state index is 4.49. The van der Waals surface area contributed by atoms with E-state index in [0.717, 1.165) is 41.6 Å². The Hall–Kier alpha value is -2.43. The van der Waals surface area contributed by atoms with Gasteiger partial charge in [0.05, 0.1) is 5.69 Å². The van der Waals surface area contributed by atoms with Crippen LogP contribution in [0.1, 0.15) is 24.1 Å². The molecule has 1 aliphatic heterocycles. The SMILES string of the molecule is Cc1[nH]nc2c(N3CCC(Cc4ccccc4)CC3)ncnc12. The van der Waals surface area contributed by atoms with Crippen LogP contribution in [0.2, 0.25) is 0 Å². The summed E-state index contributed by atoms with van der Waals surface area (Å²) in [6.07, 6.45) is 5.22. The van der Waals surface area contributed by atoms with Crippen LogP contribution in [0.15, 0.2) is 36.7 Å². The van der Waals surface area contributed by atoms with Crippen molar-refractivity contribution >= 4 is 16.9 Å². The van der Waals surface area contributed by atoms with Crippen LogP contribution in [-0.2, 0) is 6.42 Å². The molecule has 1 fully saturated rings. The molecule has 3 heterocycles. The van der Waals surface area contributed by atoms with Crippen LogP contribution in [0, 0.1) is 12.8 Å². The second kappa shape index (κ2) is 5.99. The molecule has 3 aromatic rings. The lowest BCUT2D eigenvalue weighted by molar-refractivity contribution is 0.402. The van der Waals surface area contributed by atoms with Crippen molar-refractivity contribution in [1.29, 1.82) is 0 Å². The van der Waals surface area contributed by atoms with Gasteiger partial charge in [0, 0.05) is 13.1 Å². The van der Waals surface area contributed by atoms with Crippen LogP contribution in [-0.4, -0.2) is 33.3 Å². The van der Waals surface area contributed by atoms with Gasteiger partial charge < -0.3 is 4.90 Å². The molecule has 1 saturated heterocycles. The quantitative estimate of drug-likeness (QED) is 0.807. The normalized spacial score (nSPS) is 16.1. The molecular formula is C18H21N5. The summed E-state index contributed by atoms with van der Waals surface area (Å²) >= 11 is 0. The van der Waals surface area contributed by atoms with Gasteiger partial charge >= 0.3 is 0 Å². The number of anilines is 1. The lowest BCUT2D eigenvalue weighted by atomic mass is 9.90. The average Bonchev–Trinajstić information content (AvgIpc) is 2.98. The number of hydrogen-bond acceptors (Lipinski definition) is 4. The minimum Gasteiger partial charge on any atom is -0.355 e. The molecule has 2 aromatic heterocycles. The van der Waals surface area contributed by atoms with E-state index in [2.05, 4.69) is 55.4 Å². The van der Waals surface area contributed by atoms with Crippen molar-refractivity contribution in [1.82, 2.24) is 20.2 Å². The van der Waals surface area contributed by atoms with Gasteiger partial charge in [0.2, 0.25) is 0 Å². The first kappa shape index (κ1) is 14.2. The Kier molecular flexibility index (Phi) is 3.69. The predicted octanol–water partition coefficient (Wildman–Crippen LogP) is 3.12. The van der Waals surface area contributed by atoms with Crippen molar-refractivity contribution in [2.45, 2.75) is 26.2 Å². The molecule has 0 unspecified atom stereocenters. The lowest BCUT2D eigenvalue weighted by Crippen LogP contribution is -2.35. The third-order valence-electron chi connectivity index (χ3n) is 4.77. The second-order valence-corrected chi connectivity index (χ2v) is 6.36. The summed E-state index contributed by atoms with van der Waals surface area (Å²) < 4.78 is 0. The Labute approximate surface area is 135 Å². The Morgan fingerprint density at radius 2 is 1.87 bits per heavy atom. The van der Waals surface area contributed by atoms with Crippen LogP contribution in [0.3, 0.4) is 0 Å². The Morgan fingerprint density at radius 1 is 1.09 bits per heavy atom. The number of nitrogens with zero attached hydrogens (tertiary/aromatic N) is 4. The topological polar surface area (TPSA) is 57.7 Å². The van der Waals surface area contributed by atoms with Gasteiger partial charge in [0.1, 0.15) is 11.8 Å². The van der Waals surface area contributed by atoms with Gasteiger partial charge in [0.25, 0.3) is 0 Å². The number of nitrogens with one attached hydrogen (secondary N) is 1. The number of aromatic nitrogens is 4. The van der Waals surface area contributed by atoms with Gasteiger partial charge in [-0.2, -0.15) is 5.10 Å². The summed E-state index contributed by atoms with van der Waals surface area (Å²) in [4.78, 5) is 11.2. The van der Waals surface area contributed by atoms with E-state index in [9.17, 15) is 0 Å².